The Morgan fingerprint density at radius 3 is 2.92 bits per heavy atom. The first kappa shape index (κ1) is 15.4. The highest BCUT2D eigenvalue weighted by atomic mass is 35.5. The summed E-state index contributed by atoms with van der Waals surface area (Å²) in [6.45, 7) is 0.676. The van der Waals surface area contributed by atoms with Crippen LogP contribution >= 0.6 is 11.6 Å². The van der Waals surface area contributed by atoms with E-state index < -0.39 is 10.0 Å². The summed E-state index contributed by atoms with van der Waals surface area (Å²) >= 11 is 6.16. The molecule has 2 aromatic heterocycles. The molecule has 0 radical (unpaired) electrons. The summed E-state index contributed by atoms with van der Waals surface area (Å²) in [6, 6.07) is 6.85. The largest absolute Gasteiger partial charge is 0.320 e. The third-order valence-corrected chi connectivity index (χ3v) is 5.77. The number of nitrogens with one attached hydrogen (secondary N) is 1. The summed E-state index contributed by atoms with van der Waals surface area (Å²) in [7, 11) is -3.76. The maximum Gasteiger partial charge on any atom is 0.279 e. The zero-order valence-corrected chi connectivity index (χ0v) is 14.3. The summed E-state index contributed by atoms with van der Waals surface area (Å²) in [6.07, 6.45) is 6.81. The number of imidazole rings is 1. The van der Waals surface area contributed by atoms with Crippen molar-refractivity contribution in [1.29, 1.82) is 0 Å². The molecule has 4 rings (SSSR count). The number of sulfonamides is 1. The number of hydrogen-bond donors (Lipinski definition) is 1. The van der Waals surface area contributed by atoms with Gasteiger partial charge in [0.15, 0.2) is 5.03 Å². The van der Waals surface area contributed by atoms with Crippen molar-refractivity contribution in [3.63, 3.8) is 0 Å². The Morgan fingerprint density at radius 2 is 2.12 bits per heavy atom. The van der Waals surface area contributed by atoms with Crippen LogP contribution in [0.3, 0.4) is 0 Å². The Morgan fingerprint density at radius 1 is 1.29 bits per heavy atom. The second kappa shape index (κ2) is 5.75. The van der Waals surface area contributed by atoms with Crippen LogP contribution in [0.4, 0.5) is 5.69 Å². The van der Waals surface area contributed by atoms with Gasteiger partial charge in [-0.25, -0.2) is 4.98 Å². The Kier molecular flexibility index (Phi) is 3.69. The number of anilines is 1. The van der Waals surface area contributed by atoms with E-state index >= 15 is 0 Å². The molecule has 1 fully saturated rings. The predicted octanol–water partition coefficient (Wildman–Crippen LogP) is 3.30. The SMILES string of the molecule is O=S(=O)(Nc1ccc(Cl)c2cccnc12)c1cncn1CC1CC1. The van der Waals surface area contributed by atoms with Gasteiger partial charge in [-0.1, -0.05) is 11.6 Å². The molecule has 124 valence electrons. The quantitative estimate of drug-likeness (QED) is 0.755. The number of halogens is 1. The number of aromatic nitrogens is 3. The van der Waals surface area contributed by atoms with E-state index in [-0.39, 0.29) is 5.03 Å². The highest BCUT2D eigenvalue weighted by Gasteiger charge is 2.26. The Hall–Kier alpha value is -2.12. The maximum atomic E-state index is 12.8. The third kappa shape index (κ3) is 2.85. The van der Waals surface area contributed by atoms with Crippen molar-refractivity contribution in [2.24, 2.45) is 5.92 Å². The van der Waals surface area contributed by atoms with Gasteiger partial charge < -0.3 is 4.57 Å². The molecule has 8 heteroatoms. The van der Waals surface area contributed by atoms with Gasteiger partial charge in [0, 0.05) is 18.1 Å². The van der Waals surface area contributed by atoms with Crippen LogP contribution in [-0.4, -0.2) is 23.0 Å². The van der Waals surface area contributed by atoms with Gasteiger partial charge >= 0.3 is 0 Å². The molecule has 2 heterocycles. The molecule has 24 heavy (non-hydrogen) atoms. The molecule has 1 aromatic carbocycles. The van der Waals surface area contributed by atoms with Crippen molar-refractivity contribution in [1.82, 2.24) is 14.5 Å². The number of fused-ring (bicyclic) bond motifs is 1. The molecule has 0 saturated heterocycles. The smallest absolute Gasteiger partial charge is 0.279 e. The van der Waals surface area contributed by atoms with Crippen LogP contribution < -0.4 is 4.72 Å². The molecule has 0 amide bonds. The summed E-state index contributed by atoms with van der Waals surface area (Å²) in [5.74, 6) is 0.547. The number of pyridine rings is 1. The van der Waals surface area contributed by atoms with E-state index in [0.717, 1.165) is 12.8 Å². The molecule has 1 aliphatic carbocycles. The third-order valence-electron chi connectivity index (χ3n) is 4.06. The van der Waals surface area contributed by atoms with Gasteiger partial charge in [0.2, 0.25) is 0 Å². The van der Waals surface area contributed by atoms with Crippen LogP contribution in [0.2, 0.25) is 5.02 Å². The average Bonchev–Trinajstić information content (AvgIpc) is 3.25. The summed E-state index contributed by atoms with van der Waals surface area (Å²) < 4.78 is 29.9. The number of rotatable bonds is 5. The normalized spacial score (nSPS) is 14.9. The van der Waals surface area contributed by atoms with E-state index in [0.29, 0.717) is 34.1 Å². The van der Waals surface area contributed by atoms with E-state index in [1.165, 1.54) is 6.20 Å². The van der Waals surface area contributed by atoms with Crippen molar-refractivity contribution in [3.05, 3.63) is 48.0 Å². The Bertz CT molecular complexity index is 1010. The van der Waals surface area contributed by atoms with Crippen molar-refractivity contribution >= 4 is 38.2 Å². The number of benzene rings is 1. The van der Waals surface area contributed by atoms with E-state index in [1.54, 1.807) is 41.4 Å². The summed E-state index contributed by atoms with van der Waals surface area (Å²) in [5, 5.41) is 1.39. The molecular weight excluding hydrogens is 348 g/mol. The standard InChI is InChI=1S/C16H15ClN4O2S/c17-13-5-6-14(16-12(13)2-1-7-19-16)20-24(22,23)15-8-18-10-21(15)9-11-3-4-11/h1-2,5-8,10-11,20H,3-4,9H2. The molecular formula is C16H15ClN4O2S. The lowest BCUT2D eigenvalue weighted by molar-refractivity contribution is 0.555. The van der Waals surface area contributed by atoms with Gasteiger partial charge in [0.1, 0.15) is 0 Å². The predicted molar refractivity (Wildman–Crippen MR) is 92.5 cm³/mol. The summed E-state index contributed by atoms with van der Waals surface area (Å²) in [5.41, 5.74) is 0.913. The Labute approximate surface area is 144 Å². The fourth-order valence-corrected chi connectivity index (χ4v) is 4.07. The number of nitrogens with zero attached hydrogens (tertiary/aromatic N) is 3. The van der Waals surface area contributed by atoms with E-state index in [4.69, 9.17) is 11.6 Å². The monoisotopic (exact) mass is 362 g/mol. The van der Waals surface area contributed by atoms with Crippen LogP contribution in [0.5, 0.6) is 0 Å². The van der Waals surface area contributed by atoms with Crippen LogP contribution in [0.1, 0.15) is 12.8 Å². The Balaban J connectivity index is 1.72. The van der Waals surface area contributed by atoms with Crippen molar-refractivity contribution in [2.75, 3.05) is 4.72 Å². The molecule has 6 nitrogen and oxygen atoms in total. The van der Waals surface area contributed by atoms with Crippen molar-refractivity contribution in [2.45, 2.75) is 24.4 Å². The summed E-state index contributed by atoms with van der Waals surface area (Å²) in [4.78, 5) is 8.25. The van der Waals surface area contributed by atoms with Gasteiger partial charge in [-0.3, -0.25) is 9.71 Å². The number of hydrogen-bond acceptors (Lipinski definition) is 4. The van der Waals surface area contributed by atoms with Crippen LogP contribution in [0, 0.1) is 5.92 Å². The van der Waals surface area contributed by atoms with Crippen molar-refractivity contribution in [3.8, 4) is 0 Å². The first-order chi connectivity index (χ1) is 11.5. The molecule has 1 aliphatic rings. The zero-order valence-electron chi connectivity index (χ0n) is 12.7. The lowest BCUT2D eigenvalue weighted by atomic mass is 10.2. The molecule has 0 unspecified atom stereocenters. The minimum absolute atomic E-state index is 0.161. The molecule has 0 atom stereocenters. The first-order valence-corrected chi connectivity index (χ1v) is 9.47. The van der Waals surface area contributed by atoms with Crippen LogP contribution in [0.15, 0.2) is 48.0 Å². The highest BCUT2D eigenvalue weighted by Crippen LogP contribution is 2.32. The lowest BCUT2D eigenvalue weighted by Gasteiger charge is -2.12. The van der Waals surface area contributed by atoms with E-state index in [2.05, 4.69) is 14.7 Å². The van der Waals surface area contributed by atoms with Crippen LogP contribution in [-0.2, 0) is 16.6 Å². The molecule has 1 saturated carbocycles. The molecule has 3 aromatic rings. The highest BCUT2D eigenvalue weighted by molar-refractivity contribution is 7.92. The van der Waals surface area contributed by atoms with Gasteiger partial charge in [-0.2, -0.15) is 8.42 Å². The zero-order chi connectivity index (χ0) is 16.7. The molecule has 0 bridgehead atoms. The molecule has 0 spiro atoms. The van der Waals surface area contributed by atoms with Gasteiger partial charge in [-0.15, -0.1) is 0 Å². The van der Waals surface area contributed by atoms with E-state index in [1.807, 2.05) is 0 Å². The minimum atomic E-state index is -3.76. The molecule has 0 aliphatic heterocycles. The van der Waals surface area contributed by atoms with E-state index in [9.17, 15) is 8.42 Å². The van der Waals surface area contributed by atoms with Crippen LogP contribution in [0.25, 0.3) is 10.9 Å². The topological polar surface area (TPSA) is 76.9 Å². The molecule has 1 N–H and O–H groups in total. The van der Waals surface area contributed by atoms with Gasteiger partial charge in [0.05, 0.1) is 28.8 Å². The maximum absolute atomic E-state index is 12.8. The first-order valence-electron chi connectivity index (χ1n) is 7.61. The minimum Gasteiger partial charge on any atom is -0.320 e. The average molecular weight is 363 g/mol. The fraction of sp³-hybridized carbons (Fsp3) is 0.250. The van der Waals surface area contributed by atoms with Crippen molar-refractivity contribution < 1.29 is 8.42 Å². The lowest BCUT2D eigenvalue weighted by Crippen LogP contribution is -2.18. The van der Waals surface area contributed by atoms with Gasteiger partial charge in [0.25, 0.3) is 10.0 Å². The van der Waals surface area contributed by atoms with Gasteiger partial charge in [-0.05, 0) is 43.0 Å². The second-order valence-electron chi connectivity index (χ2n) is 5.93. The second-order valence-corrected chi connectivity index (χ2v) is 7.96. The fourth-order valence-electron chi connectivity index (χ4n) is 2.67.